The summed E-state index contributed by atoms with van der Waals surface area (Å²) in [6.45, 7) is 0. The van der Waals surface area contributed by atoms with Crippen molar-refractivity contribution in [1.29, 1.82) is 0 Å². The number of furan rings is 1. The second-order valence-electron chi connectivity index (χ2n) is 8.61. The second kappa shape index (κ2) is 9.43. The average Bonchev–Trinajstić information content (AvgIpc) is 3.61. The molecule has 0 radical (unpaired) electrons. The minimum absolute atomic E-state index is 0.0298. The molecular weight excluding hydrogens is 472 g/mol. The molecule has 0 saturated heterocycles. The van der Waals surface area contributed by atoms with Crippen LogP contribution in [0.1, 0.15) is 21.8 Å². The van der Waals surface area contributed by atoms with Crippen molar-refractivity contribution < 1.29 is 13.8 Å². The van der Waals surface area contributed by atoms with Crippen LogP contribution >= 0.6 is 11.8 Å². The van der Waals surface area contributed by atoms with Gasteiger partial charge in [-0.15, -0.1) is 10.2 Å². The predicted octanol–water partition coefficient (Wildman–Crippen LogP) is 4.18. The Bertz CT molecular complexity index is 1530. The fourth-order valence-corrected chi connectivity index (χ4v) is 5.00. The standard InChI is InChI=1S/C27H22N6O2S/c1-32-17-28-31-27(32)36-24-13-12-20(35-24)15-22-26(34)33-16-23(19-10-6-3-7-11-19)29-21(25(33)30-22)14-18-8-4-2-5-9-18/h2-13,16-17,22H,14-15H2,1H3/p+1. The van der Waals surface area contributed by atoms with Gasteiger partial charge in [-0.25, -0.2) is 9.78 Å². The first-order chi connectivity index (χ1) is 17.6. The predicted molar refractivity (Wildman–Crippen MR) is 135 cm³/mol. The summed E-state index contributed by atoms with van der Waals surface area (Å²) in [5.74, 6) is 1.42. The van der Waals surface area contributed by atoms with E-state index in [2.05, 4.69) is 27.6 Å². The summed E-state index contributed by atoms with van der Waals surface area (Å²) >= 11 is 1.39. The highest BCUT2D eigenvalue weighted by atomic mass is 32.2. The van der Waals surface area contributed by atoms with Crippen LogP contribution < -0.4 is 9.88 Å². The Kier molecular flexibility index (Phi) is 5.82. The van der Waals surface area contributed by atoms with Crippen molar-refractivity contribution in [3.05, 3.63) is 102 Å². The van der Waals surface area contributed by atoms with Gasteiger partial charge >= 0.3 is 11.7 Å². The van der Waals surface area contributed by atoms with Gasteiger partial charge in [-0.2, -0.15) is 4.57 Å². The summed E-state index contributed by atoms with van der Waals surface area (Å²) in [7, 11) is 1.88. The quantitative estimate of drug-likeness (QED) is 0.339. The third-order valence-corrected chi connectivity index (χ3v) is 7.03. The van der Waals surface area contributed by atoms with Crippen LogP contribution in [-0.4, -0.2) is 31.7 Å². The summed E-state index contributed by atoms with van der Waals surface area (Å²) < 4.78 is 9.54. The van der Waals surface area contributed by atoms with Gasteiger partial charge in [0.15, 0.2) is 10.2 Å². The molecule has 1 atom stereocenters. The summed E-state index contributed by atoms with van der Waals surface area (Å²) in [6, 6.07) is 23.4. The molecule has 5 aromatic rings. The Morgan fingerprint density at radius 1 is 1.06 bits per heavy atom. The summed E-state index contributed by atoms with van der Waals surface area (Å²) in [5, 5.41) is 12.8. The van der Waals surface area contributed by atoms with Gasteiger partial charge in [0, 0.05) is 19.0 Å². The van der Waals surface area contributed by atoms with E-state index in [9.17, 15) is 4.79 Å². The maximum Gasteiger partial charge on any atom is 0.359 e. The van der Waals surface area contributed by atoms with Gasteiger partial charge in [-0.3, -0.25) is 5.32 Å². The van der Waals surface area contributed by atoms with Gasteiger partial charge in [-0.05, 0) is 29.5 Å². The molecule has 1 unspecified atom stereocenters. The monoisotopic (exact) mass is 495 g/mol. The van der Waals surface area contributed by atoms with E-state index in [4.69, 9.17) is 9.40 Å². The first-order valence-electron chi connectivity index (χ1n) is 11.6. The zero-order valence-electron chi connectivity index (χ0n) is 19.5. The summed E-state index contributed by atoms with van der Waals surface area (Å²) in [6.07, 6.45) is 4.51. The SMILES string of the molecule is Cn1cnnc1Sc1ccc(CC2Nc3c(Cc4ccccc4)nc(-c4ccccc4)c[n+]3C2=O)o1. The lowest BCUT2D eigenvalue weighted by Gasteiger charge is -2.07. The van der Waals surface area contributed by atoms with Gasteiger partial charge in [0.05, 0.1) is 6.42 Å². The lowest BCUT2D eigenvalue weighted by molar-refractivity contribution is -0.552. The number of carbonyl (C=O) groups excluding carboxylic acids is 1. The Morgan fingerprint density at radius 3 is 2.58 bits per heavy atom. The lowest BCUT2D eigenvalue weighted by atomic mass is 10.1. The first kappa shape index (κ1) is 22.2. The van der Waals surface area contributed by atoms with Crippen molar-refractivity contribution in [2.75, 3.05) is 5.32 Å². The van der Waals surface area contributed by atoms with Crippen molar-refractivity contribution in [3.8, 4) is 11.3 Å². The van der Waals surface area contributed by atoms with Crippen LogP contribution in [0.3, 0.4) is 0 Å². The zero-order valence-corrected chi connectivity index (χ0v) is 20.4. The number of rotatable bonds is 7. The maximum atomic E-state index is 13.5. The van der Waals surface area contributed by atoms with Crippen molar-refractivity contribution in [2.45, 2.75) is 29.1 Å². The molecule has 8 nitrogen and oxygen atoms in total. The van der Waals surface area contributed by atoms with E-state index in [0.29, 0.717) is 17.9 Å². The number of nitrogens with one attached hydrogen (secondary N) is 1. The number of hydrogen-bond acceptors (Lipinski definition) is 7. The van der Waals surface area contributed by atoms with E-state index in [1.165, 1.54) is 11.8 Å². The van der Waals surface area contributed by atoms with Gasteiger partial charge in [-0.1, -0.05) is 60.7 Å². The van der Waals surface area contributed by atoms with Crippen LogP contribution in [0.2, 0.25) is 0 Å². The Labute approximate surface area is 212 Å². The number of aromatic nitrogens is 5. The summed E-state index contributed by atoms with van der Waals surface area (Å²) in [4.78, 5) is 18.5. The van der Waals surface area contributed by atoms with E-state index in [1.54, 1.807) is 10.9 Å². The van der Waals surface area contributed by atoms with Crippen LogP contribution in [0.4, 0.5) is 5.82 Å². The second-order valence-corrected chi connectivity index (χ2v) is 9.58. The van der Waals surface area contributed by atoms with E-state index in [1.807, 2.05) is 78.5 Å². The Morgan fingerprint density at radius 2 is 1.83 bits per heavy atom. The molecule has 0 spiro atoms. The van der Waals surface area contributed by atoms with Gasteiger partial charge in [0.1, 0.15) is 29.7 Å². The van der Waals surface area contributed by atoms with Crippen molar-refractivity contribution in [3.63, 3.8) is 0 Å². The van der Waals surface area contributed by atoms with Crippen LogP contribution in [0.15, 0.2) is 100.0 Å². The molecule has 3 aromatic heterocycles. The number of anilines is 1. The third-order valence-electron chi connectivity index (χ3n) is 6.06. The van der Waals surface area contributed by atoms with Gasteiger partial charge in [0.25, 0.3) is 0 Å². The molecule has 2 aromatic carbocycles. The Balaban J connectivity index is 1.29. The lowest BCUT2D eigenvalue weighted by Crippen LogP contribution is -2.44. The molecule has 1 aliphatic rings. The fraction of sp³-hybridized carbons (Fsp3) is 0.148. The minimum atomic E-state index is -0.453. The molecule has 9 heteroatoms. The number of fused-ring (bicyclic) bond motifs is 1. The minimum Gasteiger partial charge on any atom is -0.454 e. The molecule has 1 aliphatic heterocycles. The molecule has 1 N–H and O–H groups in total. The molecule has 0 aliphatic carbocycles. The topological polar surface area (TPSA) is 89.7 Å². The van der Waals surface area contributed by atoms with E-state index in [0.717, 1.165) is 39.2 Å². The average molecular weight is 496 g/mol. The van der Waals surface area contributed by atoms with Crippen LogP contribution in [0.5, 0.6) is 0 Å². The number of carbonyl (C=O) groups is 1. The van der Waals surface area contributed by atoms with Gasteiger partial charge < -0.3 is 8.98 Å². The van der Waals surface area contributed by atoms with E-state index < -0.39 is 6.04 Å². The van der Waals surface area contributed by atoms with Crippen molar-refractivity contribution >= 4 is 23.5 Å². The molecule has 0 fully saturated rings. The first-order valence-corrected chi connectivity index (χ1v) is 12.4. The maximum absolute atomic E-state index is 13.5. The smallest absolute Gasteiger partial charge is 0.359 e. The molecule has 178 valence electrons. The highest BCUT2D eigenvalue weighted by Gasteiger charge is 2.41. The highest BCUT2D eigenvalue weighted by Crippen LogP contribution is 2.29. The van der Waals surface area contributed by atoms with Gasteiger partial charge in [0.2, 0.25) is 6.04 Å². The molecule has 6 rings (SSSR count). The molecule has 0 amide bonds. The normalized spacial score (nSPS) is 14.6. The number of nitrogens with zero attached hydrogens (tertiary/aromatic N) is 5. The molecule has 0 bridgehead atoms. The number of hydrogen-bond donors (Lipinski definition) is 1. The summed E-state index contributed by atoms with van der Waals surface area (Å²) in [5.41, 5.74) is 3.69. The van der Waals surface area contributed by atoms with Crippen molar-refractivity contribution in [1.82, 2.24) is 19.7 Å². The number of aryl methyl sites for hydroxylation is 1. The molecule has 0 saturated carbocycles. The van der Waals surface area contributed by atoms with Crippen LogP contribution in [0, 0.1) is 0 Å². The third kappa shape index (κ3) is 4.40. The van der Waals surface area contributed by atoms with Crippen molar-refractivity contribution in [2.24, 2.45) is 7.05 Å². The van der Waals surface area contributed by atoms with E-state index in [-0.39, 0.29) is 5.91 Å². The molecule has 36 heavy (non-hydrogen) atoms. The largest absolute Gasteiger partial charge is 0.454 e. The molecule has 4 heterocycles. The molecular formula is C27H23N6O2S+. The number of benzene rings is 2. The fourth-order valence-electron chi connectivity index (χ4n) is 4.25. The Hall–Kier alpha value is -4.24. The highest BCUT2D eigenvalue weighted by molar-refractivity contribution is 7.99. The van der Waals surface area contributed by atoms with Crippen LogP contribution in [-0.2, 0) is 19.9 Å². The van der Waals surface area contributed by atoms with E-state index >= 15 is 0 Å². The van der Waals surface area contributed by atoms with Crippen LogP contribution in [0.25, 0.3) is 11.3 Å². The zero-order chi connectivity index (χ0) is 24.5.